The average Bonchev–Trinajstić information content (AvgIpc) is 1.85. The highest BCUT2D eigenvalue weighted by Gasteiger charge is 2.27. The molecule has 0 bridgehead atoms. The Morgan fingerprint density at radius 2 is 2.09 bits per heavy atom. The molecule has 0 spiro atoms. The van der Waals surface area contributed by atoms with Crippen LogP contribution in [0.2, 0.25) is 0 Å². The van der Waals surface area contributed by atoms with Crippen LogP contribution in [0.15, 0.2) is 0 Å². The zero-order chi connectivity index (χ0) is 8.74. The van der Waals surface area contributed by atoms with Crippen LogP contribution in [0, 0.1) is 11.3 Å². The molecule has 0 aliphatic rings. The van der Waals surface area contributed by atoms with Crippen LogP contribution in [0.3, 0.4) is 0 Å². The summed E-state index contributed by atoms with van der Waals surface area (Å²) in [4.78, 5) is 3.97. The lowest BCUT2D eigenvalue weighted by Crippen LogP contribution is -2.25. The number of halogens is 3. The van der Waals surface area contributed by atoms with Gasteiger partial charge in [-0.25, -0.2) is 5.48 Å². The van der Waals surface area contributed by atoms with Gasteiger partial charge >= 0.3 is 6.18 Å². The summed E-state index contributed by atoms with van der Waals surface area (Å²) in [5.74, 6) is 0. The summed E-state index contributed by atoms with van der Waals surface area (Å²) in [5, 5.41) is 7.96. The van der Waals surface area contributed by atoms with Crippen LogP contribution in [-0.4, -0.2) is 19.3 Å². The van der Waals surface area contributed by atoms with Crippen LogP contribution >= 0.6 is 0 Å². The Morgan fingerprint density at radius 3 is 2.55 bits per heavy atom. The summed E-state index contributed by atoms with van der Waals surface area (Å²) >= 11 is 0. The smallest absolute Gasteiger partial charge is 0.292 e. The van der Waals surface area contributed by atoms with Crippen molar-refractivity contribution >= 4 is 0 Å². The predicted molar refractivity (Wildman–Crippen MR) is 30.2 cm³/mol. The largest absolute Gasteiger partial charge is 0.413 e. The van der Waals surface area contributed by atoms with Crippen molar-refractivity contribution in [3.05, 3.63) is 0 Å². The quantitative estimate of drug-likeness (QED) is 0.502. The van der Waals surface area contributed by atoms with Crippen LogP contribution in [0.4, 0.5) is 13.2 Å². The van der Waals surface area contributed by atoms with Crippen molar-refractivity contribution in [2.24, 2.45) is 0 Å². The molecule has 11 heavy (non-hydrogen) atoms. The lowest BCUT2D eigenvalue weighted by Gasteiger charge is -2.06. The molecule has 0 unspecified atom stereocenters. The molecule has 6 heteroatoms. The van der Waals surface area contributed by atoms with Gasteiger partial charge in [0.2, 0.25) is 0 Å². The first-order chi connectivity index (χ1) is 5.06. The van der Waals surface area contributed by atoms with Gasteiger partial charge in [-0.3, -0.25) is 4.84 Å². The summed E-state index contributed by atoms with van der Waals surface area (Å²) in [6.45, 7) is -1.23. The topological polar surface area (TPSA) is 45.0 Å². The third-order valence-corrected chi connectivity index (χ3v) is 0.677. The van der Waals surface area contributed by atoms with Crippen LogP contribution in [0.1, 0.15) is 6.42 Å². The molecular weight excluding hydrogens is 161 g/mol. The number of hydrogen-bond donors (Lipinski definition) is 1. The molecule has 3 nitrogen and oxygen atoms in total. The fourth-order valence-corrected chi connectivity index (χ4v) is 0.312. The number of nitrogens with one attached hydrogen (secondary N) is 1. The number of alkyl halides is 3. The van der Waals surface area contributed by atoms with Crippen LogP contribution < -0.4 is 5.48 Å². The zero-order valence-electron chi connectivity index (χ0n) is 5.61. The molecule has 0 saturated carbocycles. The molecule has 0 amide bonds. The molecule has 0 fully saturated rings. The molecular formula is C5H7F3N2O. The second-order valence-electron chi connectivity index (χ2n) is 1.71. The molecule has 0 atom stereocenters. The number of hydroxylamine groups is 1. The van der Waals surface area contributed by atoms with Crippen LogP contribution in [0.5, 0.6) is 0 Å². The minimum atomic E-state index is -4.32. The fourth-order valence-electron chi connectivity index (χ4n) is 0.312. The van der Waals surface area contributed by atoms with Crippen molar-refractivity contribution in [3.8, 4) is 6.07 Å². The van der Waals surface area contributed by atoms with Crippen LogP contribution in [-0.2, 0) is 4.84 Å². The molecule has 0 saturated heterocycles. The normalized spacial score (nSPS) is 11.1. The average molecular weight is 168 g/mol. The van der Waals surface area contributed by atoms with Gasteiger partial charge in [0.05, 0.1) is 6.07 Å². The van der Waals surface area contributed by atoms with E-state index in [1.54, 1.807) is 6.07 Å². The Balaban J connectivity index is 3.10. The Kier molecular flexibility index (Phi) is 4.57. The molecule has 0 aromatic heterocycles. The number of hydrogen-bond acceptors (Lipinski definition) is 3. The Labute approximate surface area is 61.7 Å². The van der Waals surface area contributed by atoms with Gasteiger partial charge in [0.25, 0.3) is 0 Å². The third kappa shape index (κ3) is 9.20. The molecule has 0 aliphatic heterocycles. The van der Waals surface area contributed by atoms with E-state index in [-0.39, 0.29) is 13.0 Å². The number of nitrogens with zero attached hydrogens (tertiary/aromatic N) is 1. The van der Waals surface area contributed by atoms with Gasteiger partial charge in [-0.15, -0.1) is 0 Å². The Hall–Kier alpha value is -0.800. The first-order valence-electron chi connectivity index (χ1n) is 2.84. The highest BCUT2D eigenvalue weighted by molar-refractivity contribution is 4.68. The van der Waals surface area contributed by atoms with E-state index in [2.05, 4.69) is 4.84 Å². The van der Waals surface area contributed by atoms with Crippen molar-refractivity contribution in [1.82, 2.24) is 5.48 Å². The van der Waals surface area contributed by atoms with E-state index in [4.69, 9.17) is 5.26 Å². The van der Waals surface area contributed by atoms with E-state index < -0.39 is 12.8 Å². The van der Waals surface area contributed by atoms with Gasteiger partial charge in [0.15, 0.2) is 6.61 Å². The van der Waals surface area contributed by atoms with Crippen molar-refractivity contribution in [2.45, 2.75) is 12.6 Å². The molecule has 0 rings (SSSR count). The molecule has 0 radical (unpaired) electrons. The summed E-state index contributed by atoms with van der Waals surface area (Å²) in [5.41, 5.74) is 2.00. The van der Waals surface area contributed by atoms with E-state index in [1.807, 2.05) is 5.48 Å². The molecule has 0 aromatic carbocycles. The predicted octanol–water partition coefficient (Wildman–Crippen LogP) is 0.984. The van der Waals surface area contributed by atoms with Gasteiger partial charge in [0.1, 0.15) is 0 Å². The van der Waals surface area contributed by atoms with E-state index >= 15 is 0 Å². The maximum atomic E-state index is 11.3. The minimum Gasteiger partial charge on any atom is -0.292 e. The standard InChI is InChI=1S/C5H7F3N2O/c6-5(7,8)4-11-10-3-1-2-9/h10H,1,3-4H2. The highest BCUT2D eigenvalue weighted by Crippen LogP contribution is 2.13. The van der Waals surface area contributed by atoms with Gasteiger partial charge in [0, 0.05) is 13.0 Å². The van der Waals surface area contributed by atoms with Gasteiger partial charge < -0.3 is 0 Å². The van der Waals surface area contributed by atoms with E-state index in [9.17, 15) is 13.2 Å². The Morgan fingerprint density at radius 1 is 1.45 bits per heavy atom. The van der Waals surface area contributed by atoms with Crippen LogP contribution in [0.25, 0.3) is 0 Å². The molecule has 0 aromatic rings. The second-order valence-corrected chi connectivity index (χ2v) is 1.71. The van der Waals surface area contributed by atoms with Gasteiger partial charge in [-0.05, 0) is 0 Å². The van der Waals surface area contributed by atoms with Crippen molar-refractivity contribution in [3.63, 3.8) is 0 Å². The maximum absolute atomic E-state index is 11.3. The zero-order valence-corrected chi connectivity index (χ0v) is 5.61. The van der Waals surface area contributed by atoms with Gasteiger partial charge in [-0.2, -0.15) is 18.4 Å². The third-order valence-electron chi connectivity index (χ3n) is 0.677. The SMILES string of the molecule is N#CCCNOCC(F)(F)F. The first kappa shape index (κ1) is 10.2. The minimum absolute atomic E-state index is 0.104. The molecule has 0 aliphatic carbocycles. The Bertz CT molecular complexity index is 140. The fraction of sp³-hybridized carbons (Fsp3) is 0.800. The van der Waals surface area contributed by atoms with E-state index in [1.165, 1.54) is 0 Å². The van der Waals surface area contributed by atoms with Gasteiger partial charge in [-0.1, -0.05) is 0 Å². The first-order valence-corrected chi connectivity index (χ1v) is 2.84. The number of rotatable bonds is 4. The summed E-state index contributed by atoms with van der Waals surface area (Å²) in [7, 11) is 0. The highest BCUT2D eigenvalue weighted by atomic mass is 19.4. The lowest BCUT2D eigenvalue weighted by atomic mass is 10.5. The lowest BCUT2D eigenvalue weighted by molar-refractivity contribution is -0.189. The second kappa shape index (κ2) is 4.93. The molecule has 1 N–H and O–H groups in total. The van der Waals surface area contributed by atoms with Crippen molar-refractivity contribution in [1.29, 1.82) is 5.26 Å². The molecule has 0 heterocycles. The van der Waals surface area contributed by atoms with E-state index in [0.717, 1.165) is 0 Å². The molecule has 64 valence electrons. The maximum Gasteiger partial charge on any atom is 0.413 e. The monoisotopic (exact) mass is 168 g/mol. The van der Waals surface area contributed by atoms with Crippen molar-refractivity contribution in [2.75, 3.05) is 13.2 Å². The number of nitriles is 1. The van der Waals surface area contributed by atoms with E-state index in [0.29, 0.717) is 0 Å². The van der Waals surface area contributed by atoms with Crippen molar-refractivity contribution < 1.29 is 18.0 Å². The summed E-state index contributed by atoms with van der Waals surface area (Å²) < 4.78 is 34.0. The summed E-state index contributed by atoms with van der Waals surface area (Å²) in [6.07, 6.45) is -4.20. The summed E-state index contributed by atoms with van der Waals surface area (Å²) in [6, 6.07) is 1.74.